The lowest BCUT2D eigenvalue weighted by molar-refractivity contribution is 0.949. The molecular formula is C8H8BrN3S. The minimum absolute atomic E-state index is 0.668. The van der Waals surface area contributed by atoms with Crippen molar-refractivity contribution < 1.29 is 0 Å². The standard InChI is InChI=1S/C8H8BrN3S/c9-7-6(5-10)13-8(11-7)12-3-1-2-4-12/h1-4H2. The van der Waals surface area contributed by atoms with Crippen molar-refractivity contribution in [3.05, 3.63) is 9.48 Å². The molecule has 0 unspecified atom stereocenters. The van der Waals surface area contributed by atoms with E-state index in [1.54, 1.807) is 0 Å². The van der Waals surface area contributed by atoms with Gasteiger partial charge >= 0.3 is 0 Å². The lowest BCUT2D eigenvalue weighted by atomic mass is 10.4. The van der Waals surface area contributed by atoms with E-state index >= 15 is 0 Å². The first-order valence-corrected chi connectivity index (χ1v) is 5.73. The van der Waals surface area contributed by atoms with Crippen molar-refractivity contribution in [1.82, 2.24) is 4.98 Å². The number of rotatable bonds is 1. The minimum Gasteiger partial charge on any atom is -0.348 e. The molecule has 0 amide bonds. The summed E-state index contributed by atoms with van der Waals surface area (Å²) in [6.07, 6.45) is 2.47. The summed E-state index contributed by atoms with van der Waals surface area (Å²) < 4.78 is 0.682. The van der Waals surface area contributed by atoms with Gasteiger partial charge in [-0.1, -0.05) is 11.3 Å². The lowest BCUT2D eigenvalue weighted by Crippen LogP contribution is -2.16. The highest BCUT2D eigenvalue weighted by Crippen LogP contribution is 2.30. The predicted octanol–water partition coefficient (Wildman–Crippen LogP) is 2.38. The van der Waals surface area contributed by atoms with Gasteiger partial charge in [0, 0.05) is 13.1 Å². The second-order valence-electron chi connectivity index (χ2n) is 2.92. The van der Waals surface area contributed by atoms with Crippen LogP contribution in [0.4, 0.5) is 5.13 Å². The summed E-state index contributed by atoms with van der Waals surface area (Å²) in [5.41, 5.74) is 0. The second-order valence-corrected chi connectivity index (χ2v) is 4.65. The van der Waals surface area contributed by atoms with Crippen molar-refractivity contribution in [2.75, 3.05) is 18.0 Å². The Hall–Kier alpha value is -0.600. The smallest absolute Gasteiger partial charge is 0.187 e. The summed E-state index contributed by atoms with van der Waals surface area (Å²) in [6, 6.07) is 2.12. The molecular weight excluding hydrogens is 250 g/mol. The van der Waals surface area contributed by atoms with Gasteiger partial charge in [-0.05, 0) is 28.8 Å². The molecule has 13 heavy (non-hydrogen) atoms. The molecule has 1 aromatic heterocycles. The van der Waals surface area contributed by atoms with Crippen molar-refractivity contribution in [3.8, 4) is 6.07 Å². The fourth-order valence-electron chi connectivity index (χ4n) is 1.40. The van der Waals surface area contributed by atoms with E-state index in [0.29, 0.717) is 9.48 Å². The van der Waals surface area contributed by atoms with Gasteiger partial charge in [0.2, 0.25) is 0 Å². The Morgan fingerprint density at radius 2 is 2.15 bits per heavy atom. The summed E-state index contributed by atoms with van der Waals surface area (Å²) in [5.74, 6) is 0. The third-order valence-corrected chi connectivity index (χ3v) is 3.91. The molecule has 2 heterocycles. The van der Waals surface area contributed by atoms with Gasteiger partial charge in [-0.2, -0.15) is 5.26 Å². The van der Waals surface area contributed by atoms with Crippen LogP contribution in [0, 0.1) is 11.3 Å². The molecule has 68 valence electrons. The zero-order chi connectivity index (χ0) is 9.26. The van der Waals surface area contributed by atoms with Crippen LogP contribution in [0.1, 0.15) is 17.7 Å². The van der Waals surface area contributed by atoms with E-state index in [4.69, 9.17) is 5.26 Å². The Morgan fingerprint density at radius 1 is 1.46 bits per heavy atom. The van der Waals surface area contributed by atoms with Crippen LogP contribution in [0.15, 0.2) is 4.60 Å². The Kier molecular flexibility index (Phi) is 2.51. The molecule has 1 fully saturated rings. The maximum Gasteiger partial charge on any atom is 0.187 e. The van der Waals surface area contributed by atoms with Crippen molar-refractivity contribution in [1.29, 1.82) is 5.26 Å². The highest BCUT2D eigenvalue weighted by Gasteiger charge is 2.17. The largest absolute Gasteiger partial charge is 0.348 e. The molecule has 5 heteroatoms. The number of thiazole rings is 1. The van der Waals surface area contributed by atoms with E-state index < -0.39 is 0 Å². The normalized spacial score (nSPS) is 16.2. The first-order valence-electron chi connectivity index (χ1n) is 4.12. The highest BCUT2D eigenvalue weighted by molar-refractivity contribution is 9.10. The van der Waals surface area contributed by atoms with E-state index in [-0.39, 0.29) is 0 Å². The van der Waals surface area contributed by atoms with E-state index in [0.717, 1.165) is 18.2 Å². The number of hydrogen-bond donors (Lipinski definition) is 0. The van der Waals surface area contributed by atoms with Gasteiger partial charge in [-0.15, -0.1) is 0 Å². The van der Waals surface area contributed by atoms with Crippen LogP contribution in [0.2, 0.25) is 0 Å². The van der Waals surface area contributed by atoms with Gasteiger partial charge in [0.25, 0.3) is 0 Å². The van der Waals surface area contributed by atoms with Gasteiger partial charge in [0.1, 0.15) is 15.5 Å². The van der Waals surface area contributed by atoms with Gasteiger partial charge in [-0.3, -0.25) is 0 Å². The van der Waals surface area contributed by atoms with Gasteiger partial charge in [0.05, 0.1) is 0 Å². The molecule has 3 nitrogen and oxygen atoms in total. The van der Waals surface area contributed by atoms with Crippen LogP contribution >= 0.6 is 27.3 Å². The number of aromatic nitrogens is 1. The molecule has 0 aromatic carbocycles. The number of halogens is 1. The molecule has 0 aliphatic carbocycles. The molecule has 0 N–H and O–H groups in total. The topological polar surface area (TPSA) is 39.9 Å². The molecule has 0 spiro atoms. The molecule has 0 atom stereocenters. The summed E-state index contributed by atoms with van der Waals surface area (Å²) in [7, 11) is 0. The van der Waals surface area contributed by atoms with Crippen LogP contribution in [-0.4, -0.2) is 18.1 Å². The van der Waals surface area contributed by atoms with Crippen LogP contribution in [0.3, 0.4) is 0 Å². The first kappa shape index (κ1) is 8.97. The summed E-state index contributed by atoms with van der Waals surface area (Å²) >= 11 is 4.74. The SMILES string of the molecule is N#Cc1sc(N2CCCC2)nc1Br. The predicted molar refractivity (Wildman–Crippen MR) is 56.0 cm³/mol. The Labute approximate surface area is 89.1 Å². The van der Waals surface area contributed by atoms with Gasteiger partial charge in [-0.25, -0.2) is 4.98 Å². The third kappa shape index (κ3) is 1.69. The highest BCUT2D eigenvalue weighted by atomic mass is 79.9. The molecule has 1 aliphatic heterocycles. The molecule has 0 radical (unpaired) electrons. The third-order valence-electron chi connectivity index (χ3n) is 2.05. The van der Waals surface area contributed by atoms with Crippen LogP contribution in [0.25, 0.3) is 0 Å². The lowest BCUT2D eigenvalue weighted by Gasteiger charge is -2.11. The fraction of sp³-hybridized carbons (Fsp3) is 0.500. The molecule has 0 saturated carbocycles. The van der Waals surface area contributed by atoms with Gasteiger partial charge < -0.3 is 4.90 Å². The van der Waals surface area contributed by atoms with Crippen molar-refractivity contribution in [3.63, 3.8) is 0 Å². The maximum absolute atomic E-state index is 8.75. The Balaban J connectivity index is 2.26. The fourth-order valence-corrected chi connectivity index (χ4v) is 2.83. The monoisotopic (exact) mass is 257 g/mol. The van der Waals surface area contributed by atoms with E-state index in [1.807, 2.05) is 0 Å². The minimum atomic E-state index is 0.668. The molecule has 2 rings (SSSR count). The van der Waals surface area contributed by atoms with Crippen molar-refractivity contribution in [2.24, 2.45) is 0 Å². The average molecular weight is 258 g/mol. The maximum atomic E-state index is 8.75. The quantitative estimate of drug-likeness (QED) is 0.776. The summed E-state index contributed by atoms with van der Waals surface area (Å²) in [4.78, 5) is 7.20. The van der Waals surface area contributed by atoms with E-state index in [1.165, 1.54) is 24.2 Å². The van der Waals surface area contributed by atoms with Crippen LogP contribution in [0.5, 0.6) is 0 Å². The van der Waals surface area contributed by atoms with E-state index in [2.05, 4.69) is 31.9 Å². The van der Waals surface area contributed by atoms with Crippen LogP contribution in [-0.2, 0) is 0 Å². The second kappa shape index (κ2) is 3.64. The number of nitriles is 1. The molecule has 1 aromatic rings. The molecule has 0 bridgehead atoms. The first-order chi connectivity index (χ1) is 6.31. The zero-order valence-electron chi connectivity index (χ0n) is 6.96. The van der Waals surface area contributed by atoms with E-state index in [9.17, 15) is 0 Å². The number of nitrogens with zero attached hydrogens (tertiary/aromatic N) is 3. The van der Waals surface area contributed by atoms with Crippen molar-refractivity contribution >= 4 is 32.4 Å². The van der Waals surface area contributed by atoms with Crippen LogP contribution < -0.4 is 4.90 Å². The Morgan fingerprint density at radius 3 is 2.69 bits per heavy atom. The van der Waals surface area contributed by atoms with Gasteiger partial charge in [0.15, 0.2) is 5.13 Å². The number of anilines is 1. The molecule has 1 saturated heterocycles. The zero-order valence-corrected chi connectivity index (χ0v) is 9.36. The number of hydrogen-bond acceptors (Lipinski definition) is 4. The van der Waals surface area contributed by atoms with Crippen molar-refractivity contribution in [2.45, 2.75) is 12.8 Å². The summed E-state index contributed by atoms with van der Waals surface area (Å²) in [6.45, 7) is 2.15. The summed E-state index contributed by atoms with van der Waals surface area (Å²) in [5, 5.41) is 9.72. The average Bonchev–Trinajstić information content (AvgIpc) is 2.71. The molecule has 1 aliphatic rings. The Bertz CT molecular complexity index is 349.